The molecule has 1 heterocycles. The fourth-order valence-electron chi connectivity index (χ4n) is 1.93. The fraction of sp³-hybridized carbons (Fsp3) is 0. The van der Waals surface area contributed by atoms with Gasteiger partial charge in [-0.3, -0.25) is 0 Å². The normalized spacial score (nSPS) is 11.5. The van der Waals surface area contributed by atoms with Crippen LogP contribution in [0, 0.1) is 0 Å². The minimum Gasteiger partial charge on any atom is -0.477 e. The van der Waals surface area contributed by atoms with Gasteiger partial charge in [-0.2, -0.15) is 0 Å². The Morgan fingerprint density at radius 3 is 2.56 bits per heavy atom. The highest BCUT2D eigenvalue weighted by Crippen LogP contribution is 2.32. The molecule has 0 aliphatic heterocycles. The van der Waals surface area contributed by atoms with E-state index in [9.17, 15) is 9.90 Å². The molecule has 25 heavy (non-hydrogen) atoms. The second-order valence-electron chi connectivity index (χ2n) is 4.82. The van der Waals surface area contributed by atoms with Crippen LogP contribution in [0.5, 0.6) is 0 Å². The zero-order valence-electron chi connectivity index (χ0n) is 12.5. The van der Waals surface area contributed by atoms with Gasteiger partial charge in [-0.15, -0.1) is 10.2 Å². The molecule has 0 aliphatic rings. The van der Waals surface area contributed by atoms with Gasteiger partial charge in [0.25, 0.3) is 5.22 Å². The number of aliphatic carboxylic acids is 1. The number of rotatable bonds is 5. The van der Waals surface area contributed by atoms with Gasteiger partial charge in [0.05, 0.1) is 10.6 Å². The summed E-state index contributed by atoms with van der Waals surface area (Å²) in [6, 6.07) is 14.3. The smallest absolute Gasteiger partial charge is 0.342 e. The molecule has 0 fully saturated rings. The second kappa shape index (κ2) is 7.86. The van der Waals surface area contributed by atoms with E-state index in [4.69, 9.17) is 16.0 Å². The monoisotopic (exact) mass is 436 g/mol. The predicted octanol–water partition coefficient (Wildman–Crippen LogP) is 5.37. The second-order valence-corrected chi connectivity index (χ2v) is 7.14. The Morgan fingerprint density at radius 2 is 1.88 bits per heavy atom. The number of carboxylic acid groups (broad SMARTS) is 1. The summed E-state index contributed by atoms with van der Waals surface area (Å²) in [4.78, 5) is 11.6. The van der Waals surface area contributed by atoms with Crippen molar-refractivity contribution in [1.29, 1.82) is 0 Å². The number of carbonyl (C=O) groups is 1. The van der Waals surface area contributed by atoms with Crippen molar-refractivity contribution in [3.63, 3.8) is 0 Å². The van der Waals surface area contributed by atoms with Crippen LogP contribution in [0.2, 0.25) is 5.02 Å². The van der Waals surface area contributed by atoms with Gasteiger partial charge in [-0.1, -0.05) is 51.8 Å². The van der Waals surface area contributed by atoms with Crippen LogP contribution < -0.4 is 0 Å². The van der Waals surface area contributed by atoms with E-state index >= 15 is 0 Å². The van der Waals surface area contributed by atoms with Gasteiger partial charge < -0.3 is 9.52 Å². The van der Waals surface area contributed by atoms with Crippen molar-refractivity contribution < 1.29 is 14.3 Å². The molecule has 0 atom stereocenters. The average molecular weight is 438 g/mol. The van der Waals surface area contributed by atoms with Gasteiger partial charge in [0.15, 0.2) is 0 Å². The van der Waals surface area contributed by atoms with Crippen molar-refractivity contribution in [2.75, 3.05) is 0 Å². The topological polar surface area (TPSA) is 76.2 Å². The third kappa shape index (κ3) is 4.50. The van der Waals surface area contributed by atoms with Crippen LogP contribution in [0.15, 0.2) is 67.5 Å². The molecular weight excluding hydrogens is 428 g/mol. The molecule has 0 radical (unpaired) electrons. The lowest BCUT2D eigenvalue weighted by Gasteiger charge is -2.00. The molecule has 0 aliphatic carbocycles. The van der Waals surface area contributed by atoms with Crippen molar-refractivity contribution in [2.24, 2.45) is 0 Å². The maximum Gasteiger partial charge on any atom is 0.342 e. The Morgan fingerprint density at radius 1 is 1.16 bits per heavy atom. The van der Waals surface area contributed by atoms with E-state index in [2.05, 4.69) is 26.1 Å². The van der Waals surface area contributed by atoms with E-state index in [0.717, 1.165) is 21.8 Å². The minimum atomic E-state index is -1.08. The Bertz CT molecular complexity index is 941. The van der Waals surface area contributed by atoms with Crippen LogP contribution in [0.25, 0.3) is 17.5 Å². The molecule has 5 nitrogen and oxygen atoms in total. The van der Waals surface area contributed by atoms with Gasteiger partial charge in [0.1, 0.15) is 4.91 Å². The summed E-state index contributed by atoms with van der Waals surface area (Å²) in [5, 5.41) is 17.8. The number of halogens is 2. The molecule has 8 heteroatoms. The summed E-state index contributed by atoms with van der Waals surface area (Å²) >= 11 is 10.3. The molecule has 0 unspecified atom stereocenters. The number of aromatic nitrogens is 2. The Hall–Kier alpha value is -2.09. The van der Waals surface area contributed by atoms with Crippen LogP contribution in [0.1, 0.15) is 5.56 Å². The fourth-order valence-corrected chi connectivity index (χ4v) is 3.09. The van der Waals surface area contributed by atoms with Crippen molar-refractivity contribution >= 4 is 51.3 Å². The molecule has 1 N–H and O–H groups in total. The first-order valence-corrected chi connectivity index (χ1v) is 8.98. The van der Waals surface area contributed by atoms with E-state index in [1.807, 2.05) is 12.1 Å². The molecule has 0 bridgehead atoms. The van der Waals surface area contributed by atoms with Gasteiger partial charge >= 0.3 is 5.97 Å². The molecule has 1 aromatic heterocycles. The van der Waals surface area contributed by atoms with Crippen LogP contribution in [-0.4, -0.2) is 21.3 Å². The molecule has 2 aromatic carbocycles. The van der Waals surface area contributed by atoms with E-state index in [1.165, 1.54) is 0 Å². The third-order valence-corrected chi connectivity index (χ3v) is 4.80. The number of nitrogens with zero attached hydrogens (tertiary/aromatic N) is 2. The lowest BCUT2D eigenvalue weighted by Crippen LogP contribution is -1.96. The predicted molar refractivity (Wildman–Crippen MR) is 100 cm³/mol. The highest BCUT2D eigenvalue weighted by Gasteiger charge is 2.17. The van der Waals surface area contributed by atoms with Crippen LogP contribution in [-0.2, 0) is 4.79 Å². The zero-order chi connectivity index (χ0) is 17.8. The first-order valence-electron chi connectivity index (χ1n) is 7.00. The summed E-state index contributed by atoms with van der Waals surface area (Å²) in [5.74, 6) is -0.841. The molecular formula is C17H10BrClN2O3S. The van der Waals surface area contributed by atoms with Crippen molar-refractivity contribution in [3.8, 4) is 11.5 Å². The molecule has 0 amide bonds. The maximum absolute atomic E-state index is 11.5. The van der Waals surface area contributed by atoms with Gasteiger partial charge in [-0.05, 0) is 47.7 Å². The molecule has 0 saturated heterocycles. The van der Waals surface area contributed by atoms with Crippen molar-refractivity contribution in [3.05, 3.63) is 68.5 Å². The van der Waals surface area contributed by atoms with E-state index in [0.29, 0.717) is 10.6 Å². The SMILES string of the molecule is O=C(O)/C(=C/c1ccc(Br)cc1)Sc1nnc(-c2ccccc2Cl)o1. The summed E-state index contributed by atoms with van der Waals surface area (Å²) in [7, 11) is 0. The molecule has 0 spiro atoms. The number of hydrogen-bond donors (Lipinski definition) is 1. The van der Waals surface area contributed by atoms with Crippen LogP contribution in [0.3, 0.4) is 0 Å². The lowest BCUT2D eigenvalue weighted by molar-refractivity contribution is -0.131. The van der Waals surface area contributed by atoms with Crippen LogP contribution in [0.4, 0.5) is 0 Å². The minimum absolute atomic E-state index is 0.0664. The quantitative estimate of drug-likeness (QED) is 0.427. The first-order chi connectivity index (χ1) is 12.0. The third-order valence-electron chi connectivity index (χ3n) is 3.09. The number of thioether (sulfide) groups is 1. The number of benzene rings is 2. The summed E-state index contributed by atoms with van der Waals surface area (Å²) in [5.41, 5.74) is 1.34. The largest absolute Gasteiger partial charge is 0.477 e. The highest BCUT2D eigenvalue weighted by molar-refractivity contribution is 9.10. The lowest BCUT2D eigenvalue weighted by atomic mass is 10.2. The Kier molecular flexibility index (Phi) is 5.57. The summed E-state index contributed by atoms with van der Waals surface area (Å²) in [6.07, 6.45) is 1.54. The Labute approximate surface area is 160 Å². The van der Waals surface area contributed by atoms with Gasteiger partial charge in [-0.25, -0.2) is 4.79 Å². The van der Waals surface area contributed by atoms with Gasteiger partial charge in [0.2, 0.25) is 5.89 Å². The Balaban J connectivity index is 1.85. The summed E-state index contributed by atoms with van der Waals surface area (Å²) in [6.45, 7) is 0. The van der Waals surface area contributed by atoms with Gasteiger partial charge in [0, 0.05) is 4.47 Å². The molecule has 0 saturated carbocycles. The van der Waals surface area contributed by atoms with Crippen molar-refractivity contribution in [1.82, 2.24) is 10.2 Å². The first kappa shape index (κ1) is 17.7. The van der Waals surface area contributed by atoms with Crippen LogP contribution >= 0.6 is 39.3 Å². The average Bonchev–Trinajstić information content (AvgIpc) is 3.05. The maximum atomic E-state index is 11.5. The standard InChI is InChI=1S/C17H10BrClN2O3S/c18-11-7-5-10(6-8-11)9-14(16(22)23)25-17-21-20-15(24-17)12-3-1-2-4-13(12)19/h1-9H,(H,22,23)/b14-9-. The number of carboxylic acids is 1. The molecule has 126 valence electrons. The zero-order valence-corrected chi connectivity index (χ0v) is 15.7. The molecule has 3 aromatic rings. The molecule has 3 rings (SSSR count). The van der Waals surface area contributed by atoms with E-state index in [-0.39, 0.29) is 16.0 Å². The summed E-state index contributed by atoms with van der Waals surface area (Å²) < 4.78 is 6.45. The van der Waals surface area contributed by atoms with E-state index in [1.54, 1.807) is 42.5 Å². The van der Waals surface area contributed by atoms with Crippen molar-refractivity contribution in [2.45, 2.75) is 5.22 Å². The highest BCUT2D eigenvalue weighted by atomic mass is 79.9. The number of hydrogen-bond acceptors (Lipinski definition) is 5. The van der Waals surface area contributed by atoms with E-state index < -0.39 is 5.97 Å².